The van der Waals surface area contributed by atoms with Gasteiger partial charge >= 0.3 is 0 Å². The molecule has 6 heteroatoms. The fourth-order valence-corrected chi connectivity index (χ4v) is 4.43. The average molecular weight is 406 g/mol. The van der Waals surface area contributed by atoms with Crippen LogP contribution in [0.2, 0.25) is 0 Å². The summed E-state index contributed by atoms with van der Waals surface area (Å²) in [5.41, 5.74) is 2.99. The van der Waals surface area contributed by atoms with Crippen molar-refractivity contribution in [3.63, 3.8) is 0 Å². The van der Waals surface area contributed by atoms with Crippen LogP contribution in [-0.2, 0) is 0 Å². The highest BCUT2D eigenvalue weighted by molar-refractivity contribution is 7.22. The molecule has 0 radical (unpaired) electrons. The van der Waals surface area contributed by atoms with Gasteiger partial charge in [-0.3, -0.25) is 4.79 Å². The summed E-state index contributed by atoms with van der Waals surface area (Å²) in [6.45, 7) is 2.12. The lowest BCUT2D eigenvalue weighted by molar-refractivity contribution is 0.103. The second-order valence-corrected chi connectivity index (χ2v) is 8.29. The topological polar surface area (TPSA) is 54.0 Å². The van der Waals surface area contributed by atoms with Crippen LogP contribution in [0.3, 0.4) is 0 Å². The number of nitrogens with one attached hydrogen (secondary N) is 2. The van der Waals surface area contributed by atoms with E-state index in [-0.39, 0.29) is 11.9 Å². The van der Waals surface area contributed by atoms with Crippen molar-refractivity contribution < 1.29 is 4.79 Å². The number of thiophene rings is 1. The fraction of sp³-hybridized carbons (Fsp3) is 0.0909. The first-order valence-corrected chi connectivity index (χ1v) is 10.6. The Bertz CT molecular complexity index is 1040. The monoisotopic (exact) mass is 405 g/mol. The summed E-state index contributed by atoms with van der Waals surface area (Å²) in [5.74, 6) is -0.140. The molecule has 2 aromatic carbocycles. The zero-order chi connectivity index (χ0) is 19.3. The largest absolute Gasteiger partial charge is 0.379 e. The van der Waals surface area contributed by atoms with Gasteiger partial charge in [0.25, 0.3) is 5.91 Å². The third kappa shape index (κ3) is 4.30. The van der Waals surface area contributed by atoms with Crippen molar-refractivity contribution in [2.75, 3.05) is 10.6 Å². The Balaban J connectivity index is 1.38. The van der Waals surface area contributed by atoms with Gasteiger partial charge in [0, 0.05) is 17.4 Å². The minimum Gasteiger partial charge on any atom is -0.379 e. The number of benzene rings is 2. The number of carbonyl (C=O) groups is 1. The fourth-order valence-electron chi connectivity index (χ4n) is 2.81. The second kappa shape index (κ2) is 8.37. The van der Waals surface area contributed by atoms with Gasteiger partial charge in [0.15, 0.2) is 0 Å². The SMILES string of the molecule is CC(Nc1ccc(NC(=O)c2cnc(-c3cccs3)s2)cc1)c1ccccc1. The Hall–Kier alpha value is -2.96. The summed E-state index contributed by atoms with van der Waals surface area (Å²) in [6.07, 6.45) is 1.63. The van der Waals surface area contributed by atoms with E-state index in [1.165, 1.54) is 16.9 Å². The first kappa shape index (κ1) is 18.4. The van der Waals surface area contributed by atoms with Crippen molar-refractivity contribution in [2.24, 2.45) is 0 Å². The molecule has 1 amide bonds. The molecule has 0 spiro atoms. The van der Waals surface area contributed by atoms with E-state index < -0.39 is 0 Å². The van der Waals surface area contributed by atoms with Crippen LogP contribution in [0, 0.1) is 0 Å². The van der Waals surface area contributed by atoms with Crippen LogP contribution in [0.4, 0.5) is 11.4 Å². The van der Waals surface area contributed by atoms with Crippen molar-refractivity contribution >= 4 is 40.0 Å². The van der Waals surface area contributed by atoms with Gasteiger partial charge in [-0.1, -0.05) is 36.4 Å². The molecule has 4 rings (SSSR count). The molecule has 2 N–H and O–H groups in total. The van der Waals surface area contributed by atoms with Crippen LogP contribution in [0.1, 0.15) is 28.2 Å². The molecule has 0 aliphatic carbocycles. The second-order valence-electron chi connectivity index (χ2n) is 6.32. The molecule has 4 aromatic rings. The molecule has 140 valence electrons. The highest BCUT2D eigenvalue weighted by atomic mass is 32.1. The van der Waals surface area contributed by atoms with Crippen molar-refractivity contribution in [3.8, 4) is 9.88 Å². The molecule has 28 heavy (non-hydrogen) atoms. The molecule has 2 aromatic heterocycles. The highest BCUT2D eigenvalue weighted by Gasteiger charge is 2.13. The van der Waals surface area contributed by atoms with Crippen molar-refractivity contribution in [2.45, 2.75) is 13.0 Å². The third-order valence-corrected chi connectivity index (χ3v) is 6.32. The van der Waals surface area contributed by atoms with E-state index >= 15 is 0 Å². The molecule has 1 unspecified atom stereocenters. The minimum atomic E-state index is -0.140. The molecule has 2 heterocycles. The van der Waals surface area contributed by atoms with Gasteiger partial charge in [-0.15, -0.1) is 22.7 Å². The van der Waals surface area contributed by atoms with Crippen LogP contribution in [0.5, 0.6) is 0 Å². The van der Waals surface area contributed by atoms with Crippen LogP contribution in [-0.4, -0.2) is 10.9 Å². The minimum absolute atomic E-state index is 0.140. The number of anilines is 2. The molecule has 0 saturated carbocycles. The Labute approximate surface area is 171 Å². The number of amides is 1. The summed E-state index contributed by atoms with van der Waals surface area (Å²) in [5, 5.41) is 9.28. The molecule has 0 bridgehead atoms. The summed E-state index contributed by atoms with van der Waals surface area (Å²) in [7, 11) is 0. The van der Waals surface area contributed by atoms with Gasteiger partial charge in [0.2, 0.25) is 0 Å². The Morgan fingerprint density at radius 1 is 0.964 bits per heavy atom. The zero-order valence-corrected chi connectivity index (χ0v) is 16.9. The summed E-state index contributed by atoms with van der Waals surface area (Å²) >= 11 is 3.02. The van der Waals surface area contributed by atoms with Gasteiger partial charge in [-0.25, -0.2) is 4.98 Å². The predicted molar refractivity (Wildman–Crippen MR) is 118 cm³/mol. The normalized spacial score (nSPS) is 11.8. The smallest absolute Gasteiger partial charge is 0.267 e. The van der Waals surface area contributed by atoms with Crippen molar-refractivity contribution in [1.29, 1.82) is 0 Å². The summed E-state index contributed by atoms with van der Waals surface area (Å²) < 4.78 is 0. The molecule has 1 atom stereocenters. The van der Waals surface area contributed by atoms with E-state index in [0.717, 1.165) is 21.3 Å². The molecule has 0 aliphatic rings. The Morgan fingerprint density at radius 3 is 2.43 bits per heavy atom. The van der Waals surface area contributed by atoms with Gasteiger partial charge in [-0.05, 0) is 48.2 Å². The molecule has 0 saturated heterocycles. The molecule has 0 aliphatic heterocycles. The number of hydrogen-bond acceptors (Lipinski definition) is 5. The molecule has 4 nitrogen and oxygen atoms in total. The summed E-state index contributed by atoms with van der Waals surface area (Å²) in [4.78, 5) is 18.5. The van der Waals surface area contributed by atoms with Crippen molar-refractivity contribution in [3.05, 3.63) is 88.7 Å². The van der Waals surface area contributed by atoms with Gasteiger partial charge < -0.3 is 10.6 Å². The van der Waals surface area contributed by atoms with E-state index in [2.05, 4.69) is 34.7 Å². The van der Waals surface area contributed by atoms with Gasteiger partial charge in [0.05, 0.1) is 11.1 Å². The van der Waals surface area contributed by atoms with E-state index in [0.29, 0.717) is 4.88 Å². The number of carbonyl (C=O) groups excluding carboxylic acids is 1. The van der Waals surface area contributed by atoms with Gasteiger partial charge in [0.1, 0.15) is 9.88 Å². The van der Waals surface area contributed by atoms with Crippen LogP contribution >= 0.6 is 22.7 Å². The first-order valence-electron chi connectivity index (χ1n) is 8.91. The molecule has 0 fully saturated rings. The lowest BCUT2D eigenvalue weighted by Crippen LogP contribution is -2.10. The zero-order valence-electron chi connectivity index (χ0n) is 15.3. The number of rotatable bonds is 6. The Kier molecular flexibility index (Phi) is 5.50. The predicted octanol–water partition coefficient (Wildman–Crippen LogP) is 6.30. The van der Waals surface area contributed by atoms with E-state index in [1.807, 2.05) is 60.0 Å². The maximum absolute atomic E-state index is 12.5. The number of hydrogen-bond donors (Lipinski definition) is 2. The average Bonchev–Trinajstić information content (AvgIpc) is 3.42. The van der Waals surface area contributed by atoms with E-state index in [4.69, 9.17) is 0 Å². The standard InChI is InChI=1S/C22H19N3OS2/c1-15(16-6-3-2-4-7-16)24-17-9-11-18(12-10-17)25-21(26)20-14-23-22(28-20)19-8-5-13-27-19/h2-15,24H,1H3,(H,25,26). The van der Waals surface area contributed by atoms with Crippen molar-refractivity contribution in [1.82, 2.24) is 4.98 Å². The highest BCUT2D eigenvalue weighted by Crippen LogP contribution is 2.29. The maximum Gasteiger partial charge on any atom is 0.267 e. The van der Waals surface area contributed by atoms with E-state index in [1.54, 1.807) is 17.5 Å². The number of aromatic nitrogens is 1. The third-order valence-electron chi connectivity index (χ3n) is 4.29. The quantitative estimate of drug-likeness (QED) is 0.396. The van der Waals surface area contributed by atoms with Gasteiger partial charge in [-0.2, -0.15) is 0 Å². The number of nitrogens with zero attached hydrogens (tertiary/aromatic N) is 1. The lowest BCUT2D eigenvalue weighted by Gasteiger charge is -2.16. The first-order chi connectivity index (χ1) is 13.7. The van der Waals surface area contributed by atoms with Crippen LogP contribution in [0.25, 0.3) is 9.88 Å². The molecular weight excluding hydrogens is 386 g/mol. The lowest BCUT2D eigenvalue weighted by atomic mass is 10.1. The van der Waals surface area contributed by atoms with E-state index in [9.17, 15) is 4.79 Å². The maximum atomic E-state index is 12.5. The van der Waals surface area contributed by atoms with Crippen LogP contribution < -0.4 is 10.6 Å². The number of thiazole rings is 1. The Morgan fingerprint density at radius 2 is 1.71 bits per heavy atom. The van der Waals surface area contributed by atoms with Crippen LogP contribution in [0.15, 0.2) is 78.3 Å². The summed E-state index contributed by atoms with van der Waals surface area (Å²) in [6, 6.07) is 22.2. The molecular formula is C22H19N3OS2.